The summed E-state index contributed by atoms with van der Waals surface area (Å²) in [7, 11) is 0. The molecule has 0 saturated carbocycles. The van der Waals surface area contributed by atoms with Gasteiger partial charge in [-0.25, -0.2) is 9.97 Å². The molecule has 1 fully saturated rings. The van der Waals surface area contributed by atoms with E-state index in [1.165, 1.54) is 0 Å². The second kappa shape index (κ2) is 14.2. The predicted octanol–water partition coefficient (Wildman–Crippen LogP) is 4.38. The van der Waals surface area contributed by atoms with Crippen molar-refractivity contribution in [3.8, 4) is 11.3 Å². The van der Waals surface area contributed by atoms with Crippen molar-refractivity contribution in [1.29, 1.82) is 0 Å². The fraction of sp³-hybridized carbons (Fsp3) is 0.250. The first kappa shape index (κ1) is 28.7. The van der Waals surface area contributed by atoms with Crippen LogP contribution in [0.1, 0.15) is 12.5 Å². The van der Waals surface area contributed by atoms with Gasteiger partial charge in [-0.2, -0.15) is 0 Å². The van der Waals surface area contributed by atoms with Crippen molar-refractivity contribution in [2.75, 3.05) is 48.4 Å². The van der Waals surface area contributed by atoms with E-state index in [1.54, 1.807) is 13.1 Å². The molecule has 10 heteroatoms. The standard InChI is InChI=1S/C32H34N6O4/c1-23(31(40)42-22-24-5-3-2-4-6-24)34-21-30(39)35-26-9-7-25(8-10-26)29-15-16-33-32(37-29)36-27-11-13-28(14-12-27)38-17-19-41-20-18-38/h2-16,23,34H,17-22H2,1H3,(H,35,39)(H,33,36,37)/t23-/m0/s1. The molecule has 10 nitrogen and oxygen atoms in total. The van der Waals surface area contributed by atoms with Gasteiger partial charge in [0, 0.05) is 41.9 Å². The molecule has 0 spiro atoms. The largest absolute Gasteiger partial charge is 0.460 e. The van der Waals surface area contributed by atoms with Crippen LogP contribution in [0.2, 0.25) is 0 Å². The summed E-state index contributed by atoms with van der Waals surface area (Å²) in [6.07, 6.45) is 1.71. The number of morpholine rings is 1. The number of hydrogen-bond acceptors (Lipinski definition) is 9. The summed E-state index contributed by atoms with van der Waals surface area (Å²) < 4.78 is 10.7. The lowest BCUT2D eigenvalue weighted by Crippen LogP contribution is -2.40. The van der Waals surface area contributed by atoms with Crippen LogP contribution in [0.5, 0.6) is 0 Å². The lowest BCUT2D eigenvalue weighted by atomic mass is 10.1. The minimum Gasteiger partial charge on any atom is -0.460 e. The highest BCUT2D eigenvalue weighted by Gasteiger charge is 2.16. The van der Waals surface area contributed by atoms with Crippen LogP contribution in [0.15, 0.2) is 91.1 Å². The van der Waals surface area contributed by atoms with Gasteiger partial charge < -0.3 is 25.0 Å². The number of carbonyl (C=O) groups is 2. The molecule has 4 aromatic rings. The van der Waals surface area contributed by atoms with E-state index in [0.717, 1.165) is 54.5 Å². The molecule has 1 saturated heterocycles. The number of nitrogens with zero attached hydrogens (tertiary/aromatic N) is 3. The van der Waals surface area contributed by atoms with E-state index in [2.05, 4.69) is 43.0 Å². The van der Waals surface area contributed by atoms with E-state index in [-0.39, 0.29) is 19.1 Å². The van der Waals surface area contributed by atoms with Gasteiger partial charge in [0.25, 0.3) is 0 Å². The Kier molecular flexibility index (Phi) is 9.71. The maximum Gasteiger partial charge on any atom is 0.323 e. The Hall–Kier alpha value is -4.80. The van der Waals surface area contributed by atoms with Crippen molar-refractivity contribution in [1.82, 2.24) is 15.3 Å². The van der Waals surface area contributed by atoms with E-state index in [9.17, 15) is 9.59 Å². The van der Waals surface area contributed by atoms with Crippen LogP contribution in [0.3, 0.4) is 0 Å². The van der Waals surface area contributed by atoms with Crippen LogP contribution in [0.25, 0.3) is 11.3 Å². The molecule has 216 valence electrons. The summed E-state index contributed by atoms with van der Waals surface area (Å²) in [6.45, 7) is 5.11. The summed E-state index contributed by atoms with van der Waals surface area (Å²) in [4.78, 5) is 36.0. The van der Waals surface area contributed by atoms with E-state index >= 15 is 0 Å². The number of benzene rings is 3. The van der Waals surface area contributed by atoms with Gasteiger partial charge in [-0.3, -0.25) is 14.9 Å². The van der Waals surface area contributed by atoms with Gasteiger partial charge in [0.2, 0.25) is 11.9 Å². The van der Waals surface area contributed by atoms with Crippen molar-refractivity contribution >= 4 is 34.9 Å². The van der Waals surface area contributed by atoms with E-state index in [1.807, 2.05) is 72.8 Å². The van der Waals surface area contributed by atoms with Gasteiger partial charge >= 0.3 is 5.97 Å². The van der Waals surface area contributed by atoms with Gasteiger partial charge in [-0.15, -0.1) is 0 Å². The molecule has 3 aromatic carbocycles. The van der Waals surface area contributed by atoms with Crippen molar-refractivity contribution in [2.24, 2.45) is 0 Å². The topological polar surface area (TPSA) is 118 Å². The summed E-state index contributed by atoms with van der Waals surface area (Å²) in [5.41, 5.74) is 5.24. The molecular formula is C32H34N6O4. The molecule has 0 unspecified atom stereocenters. The van der Waals surface area contributed by atoms with Crippen molar-refractivity contribution in [3.63, 3.8) is 0 Å². The number of rotatable bonds is 11. The van der Waals surface area contributed by atoms with Crippen molar-refractivity contribution < 1.29 is 19.1 Å². The first-order chi connectivity index (χ1) is 20.5. The van der Waals surface area contributed by atoms with E-state index in [0.29, 0.717) is 11.6 Å². The van der Waals surface area contributed by atoms with Gasteiger partial charge in [0.1, 0.15) is 12.6 Å². The first-order valence-electron chi connectivity index (χ1n) is 13.9. The SMILES string of the molecule is C[C@H](NCC(=O)Nc1ccc(-c2ccnc(Nc3ccc(N4CCOCC4)cc3)n2)cc1)C(=O)OCc1ccccc1. The lowest BCUT2D eigenvalue weighted by Gasteiger charge is -2.28. The molecule has 3 N–H and O–H groups in total. The number of ether oxygens (including phenoxy) is 2. The summed E-state index contributed by atoms with van der Waals surface area (Å²) in [6, 6.07) is 26.2. The number of esters is 1. The highest BCUT2D eigenvalue weighted by atomic mass is 16.5. The van der Waals surface area contributed by atoms with Gasteiger partial charge in [0.15, 0.2) is 0 Å². The molecule has 2 heterocycles. The van der Waals surface area contributed by atoms with Crippen LogP contribution >= 0.6 is 0 Å². The predicted molar refractivity (Wildman–Crippen MR) is 163 cm³/mol. The highest BCUT2D eigenvalue weighted by Crippen LogP contribution is 2.23. The van der Waals surface area contributed by atoms with Crippen molar-refractivity contribution in [2.45, 2.75) is 19.6 Å². The summed E-state index contributed by atoms with van der Waals surface area (Å²) in [5.74, 6) is -0.190. The molecule has 1 atom stereocenters. The van der Waals surface area contributed by atoms with Crippen LogP contribution < -0.4 is 20.9 Å². The van der Waals surface area contributed by atoms with Gasteiger partial charge in [-0.05, 0) is 55.0 Å². The lowest BCUT2D eigenvalue weighted by molar-refractivity contribution is -0.147. The molecule has 1 amide bonds. The minimum absolute atomic E-state index is 0.0300. The molecule has 42 heavy (non-hydrogen) atoms. The molecule has 1 aliphatic rings. The van der Waals surface area contributed by atoms with Crippen LogP contribution in [-0.4, -0.2) is 60.7 Å². The van der Waals surface area contributed by atoms with Gasteiger partial charge in [0.05, 0.1) is 25.5 Å². The quantitative estimate of drug-likeness (QED) is 0.227. The maximum atomic E-state index is 12.4. The third kappa shape index (κ3) is 8.12. The normalized spacial score (nSPS) is 13.7. The molecule has 0 radical (unpaired) electrons. The number of amides is 1. The Morgan fingerprint density at radius 2 is 1.64 bits per heavy atom. The average molecular weight is 567 g/mol. The number of carbonyl (C=O) groups excluding carboxylic acids is 2. The maximum absolute atomic E-state index is 12.4. The van der Waals surface area contributed by atoms with Crippen molar-refractivity contribution in [3.05, 3.63) is 96.7 Å². The van der Waals surface area contributed by atoms with E-state index < -0.39 is 12.0 Å². The number of anilines is 4. The zero-order valence-corrected chi connectivity index (χ0v) is 23.5. The summed E-state index contributed by atoms with van der Waals surface area (Å²) in [5, 5.41) is 9.01. The van der Waals surface area contributed by atoms with Crippen LogP contribution in [0, 0.1) is 0 Å². The Labute approximate surface area is 245 Å². The second-order valence-corrected chi connectivity index (χ2v) is 9.86. The van der Waals surface area contributed by atoms with Gasteiger partial charge in [-0.1, -0.05) is 42.5 Å². The smallest absolute Gasteiger partial charge is 0.323 e. The number of nitrogens with one attached hydrogen (secondary N) is 3. The molecular weight excluding hydrogens is 532 g/mol. The third-order valence-electron chi connectivity index (χ3n) is 6.77. The zero-order chi connectivity index (χ0) is 29.1. The fourth-order valence-corrected chi connectivity index (χ4v) is 4.40. The first-order valence-corrected chi connectivity index (χ1v) is 13.9. The van der Waals surface area contributed by atoms with Crippen LogP contribution in [0.4, 0.5) is 23.0 Å². The number of hydrogen-bond donors (Lipinski definition) is 3. The Morgan fingerprint density at radius 3 is 2.38 bits per heavy atom. The molecule has 1 aliphatic heterocycles. The Balaban J connectivity index is 1.09. The molecule has 0 aliphatic carbocycles. The Bertz CT molecular complexity index is 1460. The van der Waals surface area contributed by atoms with E-state index in [4.69, 9.17) is 9.47 Å². The highest BCUT2D eigenvalue weighted by molar-refractivity contribution is 5.93. The molecule has 0 bridgehead atoms. The molecule has 5 rings (SSSR count). The summed E-state index contributed by atoms with van der Waals surface area (Å²) >= 11 is 0. The number of aromatic nitrogens is 2. The Morgan fingerprint density at radius 1 is 0.929 bits per heavy atom. The zero-order valence-electron chi connectivity index (χ0n) is 23.5. The van der Waals surface area contributed by atoms with Crippen LogP contribution in [-0.2, 0) is 25.7 Å². The average Bonchev–Trinajstić information content (AvgIpc) is 3.04. The third-order valence-corrected chi connectivity index (χ3v) is 6.77. The monoisotopic (exact) mass is 566 g/mol. The fourth-order valence-electron chi connectivity index (χ4n) is 4.40. The second-order valence-electron chi connectivity index (χ2n) is 9.86. The molecule has 1 aromatic heterocycles. The minimum atomic E-state index is -0.620.